The molecular formula is C19H39ClN2O. The van der Waals surface area contributed by atoms with Crippen LogP contribution in [0.3, 0.4) is 0 Å². The van der Waals surface area contributed by atoms with Gasteiger partial charge < -0.3 is 21.8 Å². The molecule has 1 amide bonds. The Labute approximate surface area is 150 Å². The van der Waals surface area contributed by atoms with E-state index in [1.165, 1.54) is 70.6 Å². The average molecular weight is 347 g/mol. The zero-order valence-corrected chi connectivity index (χ0v) is 16.5. The van der Waals surface area contributed by atoms with Crippen molar-refractivity contribution in [1.29, 1.82) is 0 Å². The fourth-order valence-electron chi connectivity index (χ4n) is 3.36. The van der Waals surface area contributed by atoms with Crippen LogP contribution in [0.15, 0.2) is 0 Å². The molecule has 0 saturated carbocycles. The number of rotatable bonds is 11. The lowest BCUT2D eigenvalue weighted by Crippen LogP contribution is -3.00. The molecule has 1 rings (SSSR count). The van der Waals surface area contributed by atoms with Gasteiger partial charge in [-0.2, -0.15) is 0 Å². The molecule has 138 valence electrons. The van der Waals surface area contributed by atoms with E-state index in [1.54, 1.807) is 0 Å². The van der Waals surface area contributed by atoms with Crippen LogP contribution in [0.2, 0.25) is 0 Å². The summed E-state index contributed by atoms with van der Waals surface area (Å²) >= 11 is 0. The Kier molecular flexibility index (Phi) is 12.9. The number of piperidine rings is 1. The van der Waals surface area contributed by atoms with Gasteiger partial charge >= 0.3 is 0 Å². The Balaban J connectivity index is 0.00000484. The van der Waals surface area contributed by atoms with Crippen molar-refractivity contribution in [3.63, 3.8) is 0 Å². The molecule has 1 heterocycles. The van der Waals surface area contributed by atoms with Crippen LogP contribution in [0.4, 0.5) is 0 Å². The zero-order chi connectivity index (χ0) is 16.3. The third kappa shape index (κ3) is 11.0. The molecule has 1 aliphatic heterocycles. The van der Waals surface area contributed by atoms with Gasteiger partial charge in [0.05, 0.1) is 20.6 Å². The van der Waals surface area contributed by atoms with E-state index in [-0.39, 0.29) is 12.4 Å². The first-order chi connectivity index (χ1) is 10.5. The number of likely N-dealkylation sites (tertiary alicyclic amines) is 1. The van der Waals surface area contributed by atoms with Crippen LogP contribution in [-0.2, 0) is 4.79 Å². The highest BCUT2D eigenvalue weighted by Gasteiger charge is 2.24. The van der Waals surface area contributed by atoms with Gasteiger partial charge in [-0.05, 0) is 32.1 Å². The molecule has 0 aliphatic carbocycles. The number of amides is 1. The van der Waals surface area contributed by atoms with E-state index in [0.29, 0.717) is 12.5 Å². The molecular weight excluding hydrogens is 308 g/mol. The number of hydrogen-bond donors (Lipinski definition) is 0. The van der Waals surface area contributed by atoms with Crippen LogP contribution >= 0.6 is 0 Å². The molecule has 1 saturated heterocycles. The Hall–Kier alpha value is -0.280. The molecule has 1 aliphatic rings. The minimum absolute atomic E-state index is 0. The zero-order valence-electron chi connectivity index (χ0n) is 15.8. The summed E-state index contributed by atoms with van der Waals surface area (Å²) < 4.78 is 0.852. The van der Waals surface area contributed by atoms with Crippen molar-refractivity contribution in [3.05, 3.63) is 0 Å². The third-order valence-corrected chi connectivity index (χ3v) is 4.89. The number of halogens is 1. The van der Waals surface area contributed by atoms with Crippen molar-refractivity contribution in [2.24, 2.45) is 0 Å². The number of hydrogen-bond acceptors (Lipinski definition) is 1. The molecule has 0 unspecified atom stereocenters. The molecule has 0 N–H and O–H groups in total. The molecule has 0 aromatic rings. The summed E-state index contributed by atoms with van der Waals surface area (Å²) in [6.07, 6.45) is 14.5. The van der Waals surface area contributed by atoms with Gasteiger partial charge in [-0.25, -0.2) is 0 Å². The predicted molar refractivity (Wildman–Crippen MR) is 94.9 cm³/mol. The second-order valence-electron chi connectivity index (χ2n) is 7.73. The number of unbranched alkanes of at least 4 members (excludes halogenated alkanes) is 7. The quantitative estimate of drug-likeness (QED) is 0.407. The lowest BCUT2D eigenvalue weighted by Gasteiger charge is -2.33. The predicted octanol–water partition coefficient (Wildman–Crippen LogP) is 1.22. The lowest BCUT2D eigenvalue weighted by atomic mass is 10.1. The van der Waals surface area contributed by atoms with E-state index in [4.69, 9.17) is 0 Å². The highest BCUT2D eigenvalue weighted by atomic mass is 35.5. The van der Waals surface area contributed by atoms with Crippen LogP contribution in [0.25, 0.3) is 0 Å². The number of carbonyl (C=O) groups excluding carboxylic acids is 1. The van der Waals surface area contributed by atoms with E-state index in [2.05, 4.69) is 25.9 Å². The van der Waals surface area contributed by atoms with E-state index in [0.717, 1.165) is 24.1 Å². The second-order valence-corrected chi connectivity index (χ2v) is 7.73. The Morgan fingerprint density at radius 1 is 0.870 bits per heavy atom. The van der Waals surface area contributed by atoms with Crippen LogP contribution in [0.1, 0.15) is 77.6 Å². The third-order valence-electron chi connectivity index (χ3n) is 4.89. The number of quaternary nitrogens is 1. The van der Waals surface area contributed by atoms with Gasteiger partial charge in [-0.3, -0.25) is 4.79 Å². The lowest BCUT2D eigenvalue weighted by molar-refractivity contribution is -0.883. The number of nitrogens with zero attached hydrogens (tertiary/aromatic N) is 2. The van der Waals surface area contributed by atoms with Crippen LogP contribution in [0.5, 0.6) is 0 Å². The Bertz CT molecular complexity index is 302. The van der Waals surface area contributed by atoms with E-state index in [9.17, 15) is 4.79 Å². The van der Waals surface area contributed by atoms with Crippen molar-refractivity contribution in [3.8, 4) is 0 Å². The Morgan fingerprint density at radius 2 is 1.39 bits per heavy atom. The molecule has 23 heavy (non-hydrogen) atoms. The summed E-state index contributed by atoms with van der Waals surface area (Å²) in [5.74, 6) is 0.365. The van der Waals surface area contributed by atoms with Crippen molar-refractivity contribution in [1.82, 2.24) is 4.90 Å². The van der Waals surface area contributed by atoms with Crippen molar-refractivity contribution < 1.29 is 21.7 Å². The largest absolute Gasteiger partial charge is 1.00 e. The summed E-state index contributed by atoms with van der Waals surface area (Å²) in [5.41, 5.74) is 0. The topological polar surface area (TPSA) is 20.3 Å². The summed E-state index contributed by atoms with van der Waals surface area (Å²) in [4.78, 5) is 14.4. The van der Waals surface area contributed by atoms with Crippen LogP contribution < -0.4 is 12.4 Å². The van der Waals surface area contributed by atoms with Gasteiger partial charge in [0.25, 0.3) is 5.91 Å². The van der Waals surface area contributed by atoms with Gasteiger partial charge in [0.2, 0.25) is 0 Å². The summed E-state index contributed by atoms with van der Waals surface area (Å²) in [6, 6.07) is 0. The minimum atomic E-state index is 0. The van der Waals surface area contributed by atoms with Gasteiger partial charge in [0.1, 0.15) is 0 Å². The van der Waals surface area contributed by atoms with Crippen LogP contribution in [0, 0.1) is 0 Å². The van der Waals surface area contributed by atoms with Crippen molar-refractivity contribution >= 4 is 5.91 Å². The first-order valence-electron chi connectivity index (χ1n) is 9.65. The molecule has 4 heteroatoms. The maximum Gasteiger partial charge on any atom is 0.277 e. The van der Waals surface area contributed by atoms with Crippen molar-refractivity contribution in [2.45, 2.75) is 77.6 Å². The fraction of sp³-hybridized carbons (Fsp3) is 0.947. The molecule has 1 fully saturated rings. The first-order valence-corrected chi connectivity index (χ1v) is 9.65. The molecule has 0 aromatic heterocycles. The standard InChI is InChI=1S/C19H39N2O.ClH/c1-4-5-6-7-8-9-10-14-17-21(2,3)18-19(22)20-15-12-11-13-16-20;/h4-18H2,1-3H3;1H/q+1;/p-1. The molecule has 0 bridgehead atoms. The van der Waals surface area contributed by atoms with E-state index in [1.807, 2.05) is 0 Å². The summed E-state index contributed by atoms with van der Waals surface area (Å²) in [5, 5.41) is 0. The van der Waals surface area contributed by atoms with Gasteiger partial charge in [0.15, 0.2) is 6.54 Å². The normalized spacial score (nSPS) is 15.3. The molecule has 0 spiro atoms. The highest BCUT2D eigenvalue weighted by molar-refractivity contribution is 5.77. The van der Waals surface area contributed by atoms with E-state index < -0.39 is 0 Å². The molecule has 0 radical (unpaired) electrons. The highest BCUT2D eigenvalue weighted by Crippen LogP contribution is 2.12. The summed E-state index contributed by atoms with van der Waals surface area (Å²) in [6.45, 7) is 6.05. The minimum Gasteiger partial charge on any atom is -1.00 e. The molecule has 0 atom stereocenters. The fourth-order valence-corrected chi connectivity index (χ4v) is 3.36. The van der Waals surface area contributed by atoms with E-state index >= 15 is 0 Å². The van der Waals surface area contributed by atoms with Gasteiger partial charge in [-0.15, -0.1) is 0 Å². The number of likely N-dealkylation sites (N-methyl/N-ethyl adjacent to an activating group) is 1. The average Bonchev–Trinajstić information content (AvgIpc) is 2.50. The molecule has 3 nitrogen and oxygen atoms in total. The maximum atomic E-state index is 12.4. The van der Waals surface area contributed by atoms with Gasteiger partial charge in [0, 0.05) is 13.1 Å². The van der Waals surface area contributed by atoms with Crippen LogP contribution in [-0.4, -0.2) is 55.6 Å². The monoisotopic (exact) mass is 346 g/mol. The second kappa shape index (κ2) is 13.1. The molecule has 0 aromatic carbocycles. The Morgan fingerprint density at radius 3 is 1.96 bits per heavy atom. The summed E-state index contributed by atoms with van der Waals surface area (Å²) in [7, 11) is 4.42. The van der Waals surface area contributed by atoms with Gasteiger partial charge in [-0.1, -0.05) is 45.4 Å². The van der Waals surface area contributed by atoms with Crippen molar-refractivity contribution in [2.75, 3.05) is 40.3 Å². The smallest absolute Gasteiger partial charge is 0.277 e. The number of carbonyl (C=O) groups is 1. The maximum absolute atomic E-state index is 12.4. The SMILES string of the molecule is CCCCCCCCCC[N+](C)(C)CC(=O)N1CCCCC1.[Cl-]. The first kappa shape index (κ1) is 22.7.